The van der Waals surface area contributed by atoms with Crippen LogP contribution >= 0.6 is 0 Å². The lowest BCUT2D eigenvalue weighted by atomic mass is 9.79. The van der Waals surface area contributed by atoms with Crippen molar-refractivity contribution in [1.82, 2.24) is 9.80 Å². The lowest BCUT2D eigenvalue weighted by molar-refractivity contribution is -0.149. The second-order valence-electron chi connectivity index (χ2n) is 10.4. The second kappa shape index (κ2) is 11.0. The predicted molar refractivity (Wildman–Crippen MR) is 143 cm³/mol. The molecule has 7 heteroatoms. The third kappa shape index (κ3) is 5.37. The molecule has 0 saturated carbocycles. The minimum Gasteiger partial charge on any atom is -0.497 e. The van der Waals surface area contributed by atoms with E-state index in [0.717, 1.165) is 30.1 Å². The topological polar surface area (TPSA) is 73.3 Å². The Kier molecular flexibility index (Phi) is 7.51. The molecule has 2 aromatic rings. The number of nitrogens with zero attached hydrogens (tertiary/aromatic N) is 3. The number of ether oxygens (including phenoxy) is 1. The van der Waals surface area contributed by atoms with Crippen molar-refractivity contribution >= 4 is 17.5 Å². The van der Waals surface area contributed by atoms with Crippen LogP contribution in [-0.2, 0) is 15.2 Å². The maximum atomic E-state index is 13.6. The molecule has 2 unspecified atom stereocenters. The van der Waals surface area contributed by atoms with Gasteiger partial charge in [-0.15, -0.1) is 0 Å². The second-order valence-corrected chi connectivity index (χ2v) is 10.4. The number of methoxy groups -OCH3 is 1. The summed E-state index contributed by atoms with van der Waals surface area (Å²) in [5, 5.41) is 11.2. The number of piperidine rings is 1. The zero-order chi connectivity index (χ0) is 25.8. The highest BCUT2D eigenvalue weighted by Gasteiger charge is 2.42. The highest BCUT2D eigenvalue weighted by molar-refractivity contribution is 5.88. The molecule has 196 valence electrons. The number of aliphatic hydroxyl groups is 1. The monoisotopic (exact) mass is 503 g/mol. The molecular formula is C30H37N3O4. The van der Waals surface area contributed by atoms with E-state index in [-0.39, 0.29) is 23.7 Å². The molecule has 0 aromatic heterocycles. The lowest BCUT2D eigenvalue weighted by Crippen LogP contribution is -2.53. The Morgan fingerprint density at radius 1 is 0.784 bits per heavy atom. The Bertz CT molecular complexity index is 1100. The summed E-state index contributed by atoms with van der Waals surface area (Å²) in [4.78, 5) is 33.3. The molecule has 2 atom stereocenters. The molecule has 2 aromatic carbocycles. The highest BCUT2D eigenvalue weighted by atomic mass is 16.5. The van der Waals surface area contributed by atoms with Crippen LogP contribution in [0.15, 0.2) is 66.7 Å². The van der Waals surface area contributed by atoms with Gasteiger partial charge in [0.05, 0.1) is 24.5 Å². The van der Waals surface area contributed by atoms with Gasteiger partial charge in [-0.2, -0.15) is 0 Å². The summed E-state index contributed by atoms with van der Waals surface area (Å²) in [7, 11) is 1.66. The van der Waals surface area contributed by atoms with E-state index in [0.29, 0.717) is 51.9 Å². The fourth-order valence-corrected chi connectivity index (χ4v) is 5.94. The molecule has 0 spiro atoms. The van der Waals surface area contributed by atoms with Crippen LogP contribution < -0.4 is 9.64 Å². The molecule has 7 nitrogen and oxygen atoms in total. The number of benzene rings is 2. The molecule has 2 saturated heterocycles. The van der Waals surface area contributed by atoms with Crippen LogP contribution in [0.4, 0.5) is 5.69 Å². The maximum absolute atomic E-state index is 13.6. The summed E-state index contributed by atoms with van der Waals surface area (Å²) < 4.78 is 5.26. The Morgan fingerprint density at radius 3 is 1.86 bits per heavy atom. The van der Waals surface area contributed by atoms with Gasteiger partial charge >= 0.3 is 0 Å². The fraction of sp³-hybridized carbons (Fsp3) is 0.467. The maximum Gasteiger partial charge on any atom is 0.226 e. The van der Waals surface area contributed by atoms with Crippen LogP contribution in [0.2, 0.25) is 0 Å². The Morgan fingerprint density at radius 2 is 1.32 bits per heavy atom. The minimum absolute atomic E-state index is 0.0506. The first-order valence-corrected chi connectivity index (χ1v) is 13.4. The summed E-state index contributed by atoms with van der Waals surface area (Å²) in [6.45, 7) is 3.85. The summed E-state index contributed by atoms with van der Waals surface area (Å²) in [5.74, 6) is 0.321. The quantitative estimate of drug-likeness (QED) is 0.633. The van der Waals surface area contributed by atoms with E-state index in [1.165, 1.54) is 0 Å². The van der Waals surface area contributed by atoms with Crippen LogP contribution in [-0.4, -0.2) is 73.1 Å². The Labute approximate surface area is 219 Å². The van der Waals surface area contributed by atoms with Crippen molar-refractivity contribution in [3.63, 3.8) is 0 Å². The third-order valence-electron chi connectivity index (χ3n) is 8.31. The van der Waals surface area contributed by atoms with E-state index in [1.54, 1.807) is 7.11 Å². The molecular weight excluding hydrogens is 466 g/mol. The van der Waals surface area contributed by atoms with Crippen molar-refractivity contribution in [3.05, 3.63) is 72.3 Å². The molecule has 5 rings (SSSR count). The number of hydrogen-bond acceptors (Lipinski definition) is 5. The minimum atomic E-state index is -0.900. The van der Waals surface area contributed by atoms with Gasteiger partial charge in [-0.1, -0.05) is 42.5 Å². The largest absolute Gasteiger partial charge is 0.497 e. The van der Waals surface area contributed by atoms with Gasteiger partial charge in [-0.05, 0) is 55.5 Å². The number of amides is 2. The van der Waals surface area contributed by atoms with Crippen LogP contribution in [0.5, 0.6) is 5.75 Å². The fourth-order valence-electron chi connectivity index (χ4n) is 5.94. The normalized spacial score (nSPS) is 23.6. The summed E-state index contributed by atoms with van der Waals surface area (Å²) in [5.41, 5.74) is 1.13. The van der Waals surface area contributed by atoms with Crippen molar-refractivity contribution in [3.8, 4) is 5.75 Å². The van der Waals surface area contributed by atoms with Gasteiger partial charge in [-0.3, -0.25) is 9.59 Å². The number of piperazine rings is 1. The molecule has 2 aliphatic heterocycles. The highest BCUT2D eigenvalue weighted by Crippen LogP contribution is 2.35. The molecule has 0 bridgehead atoms. The van der Waals surface area contributed by atoms with E-state index in [4.69, 9.17) is 4.74 Å². The molecule has 2 amide bonds. The van der Waals surface area contributed by atoms with Gasteiger partial charge in [0, 0.05) is 45.0 Å². The zero-order valence-corrected chi connectivity index (χ0v) is 21.6. The summed E-state index contributed by atoms with van der Waals surface area (Å²) in [6.07, 6.45) is 6.31. The van der Waals surface area contributed by atoms with E-state index in [2.05, 4.69) is 17.0 Å². The van der Waals surface area contributed by atoms with E-state index < -0.39 is 5.60 Å². The Hall–Kier alpha value is -3.32. The molecule has 1 N–H and O–H groups in total. The Balaban J connectivity index is 1.19. The number of rotatable bonds is 5. The average molecular weight is 504 g/mol. The molecule has 3 aliphatic rings. The first-order chi connectivity index (χ1) is 18.0. The van der Waals surface area contributed by atoms with Gasteiger partial charge in [0.25, 0.3) is 0 Å². The number of likely N-dealkylation sites (tertiary alicyclic amines) is 1. The number of allylic oxidation sites excluding steroid dienone is 2. The van der Waals surface area contributed by atoms with Gasteiger partial charge in [0.15, 0.2) is 0 Å². The van der Waals surface area contributed by atoms with Crippen LogP contribution in [0.1, 0.15) is 31.2 Å². The van der Waals surface area contributed by atoms with E-state index >= 15 is 0 Å². The molecule has 1 aliphatic carbocycles. The SMILES string of the molecule is COc1ccc(N2CCN(C(=O)C3CC=CCC3C(=O)N3CCC(O)(c4ccccc4)CC3)CC2)cc1. The van der Waals surface area contributed by atoms with Crippen molar-refractivity contribution in [2.24, 2.45) is 11.8 Å². The van der Waals surface area contributed by atoms with Gasteiger partial charge < -0.3 is 24.5 Å². The van der Waals surface area contributed by atoms with Gasteiger partial charge in [0.2, 0.25) is 11.8 Å². The smallest absolute Gasteiger partial charge is 0.226 e. The van der Waals surface area contributed by atoms with E-state index in [1.807, 2.05) is 64.4 Å². The number of hydrogen-bond donors (Lipinski definition) is 1. The van der Waals surface area contributed by atoms with Crippen LogP contribution in [0.25, 0.3) is 0 Å². The molecule has 2 fully saturated rings. The summed E-state index contributed by atoms with van der Waals surface area (Å²) in [6, 6.07) is 17.7. The van der Waals surface area contributed by atoms with Crippen molar-refractivity contribution in [2.75, 3.05) is 51.3 Å². The standard InChI is InChI=1S/C30H37N3O4/c1-37-25-13-11-24(12-14-25)31-19-21-33(22-20-31)29(35)27-10-6-5-9-26(27)28(34)32-17-15-30(36,16-18-32)23-7-3-2-4-8-23/h2-8,11-14,26-27,36H,9-10,15-22H2,1H3. The first kappa shape index (κ1) is 25.3. The zero-order valence-electron chi connectivity index (χ0n) is 21.6. The van der Waals surface area contributed by atoms with Crippen molar-refractivity contribution in [2.45, 2.75) is 31.3 Å². The van der Waals surface area contributed by atoms with Gasteiger partial charge in [-0.25, -0.2) is 0 Å². The molecule has 37 heavy (non-hydrogen) atoms. The van der Waals surface area contributed by atoms with Gasteiger partial charge in [0.1, 0.15) is 5.75 Å². The number of carbonyl (C=O) groups is 2. The van der Waals surface area contributed by atoms with Crippen molar-refractivity contribution < 1.29 is 19.4 Å². The number of anilines is 1. The first-order valence-electron chi connectivity index (χ1n) is 13.4. The average Bonchev–Trinajstić information content (AvgIpc) is 2.97. The summed E-state index contributed by atoms with van der Waals surface area (Å²) >= 11 is 0. The molecule has 2 heterocycles. The van der Waals surface area contributed by atoms with Crippen molar-refractivity contribution in [1.29, 1.82) is 0 Å². The molecule has 0 radical (unpaired) electrons. The van der Waals surface area contributed by atoms with Crippen LogP contribution in [0.3, 0.4) is 0 Å². The lowest BCUT2D eigenvalue weighted by Gasteiger charge is -2.42. The van der Waals surface area contributed by atoms with Crippen LogP contribution in [0, 0.1) is 11.8 Å². The number of carbonyl (C=O) groups excluding carboxylic acids is 2. The third-order valence-corrected chi connectivity index (χ3v) is 8.31. The van der Waals surface area contributed by atoms with E-state index in [9.17, 15) is 14.7 Å². The predicted octanol–water partition coefficient (Wildman–Crippen LogP) is 3.44.